The van der Waals surface area contributed by atoms with Crippen molar-refractivity contribution in [3.63, 3.8) is 0 Å². The molecule has 2 aliphatic heterocycles. The summed E-state index contributed by atoms with van der Waals surface area (Å²) in [6.07, 6.45) is 2.16. The highest BCUT2D eigenvalue weighted by Crippen LogP contribution is 2.20. The molecule has 0 aromatic carbocycles. The van der Waals surface area contributed by atoms with Crippen LogP contribution in [0.25, 0.3) is 0 Å². The lowest BCUT2D eigenvalue weighted by Gasteiger charge is -2.31. The highest BCUT2D eigenvalue weighted by atomic mass is 16.3. The van der Waals surface area contributed by atoms with Gasteiger partial charge in [-0.2, -0.15) is 0 Å². The van der Waals surface area contributed by atoms with Gasteiger partial charge in [-0.15, -0.1) is 0 Å². The lowest BCUT2D eigenvalue weighted by atomic mass is 9.96. The summed E-state index contributed by atoms with van der Waals surface area (Å²) in [6.45, 7) is 16.4. The first-order chi connectivity index (χ1) is 28.6. The molecule has 346 valence electrons. The number of nitrogens with one attached hydrogen (secondary N) is 8. The molecule has 2 rings (SSSR count). The number of carbonyl (C=O) groups excluding carboxylic acids is 9. The van der Waals surface area contributed by atoms with Gasteiger partial charge in [0.1, 0.15) is 42.3 Å². The van der Waals surface area contributed by atoms with Gasteiger partial charge in [-0.1, -0.05) is 82.1 Å². The number of nitrogens with zero attached hydrogens (tertiary/aromatic N) is 1. The number of aliphatic hydroxyl groups is 1. The Hall–Kier alpha value is -4.81. The second-order valence-electron chi connectivity index (χ2n) is 17.8. The van der Waals surface area contributed by atoms with Gasteiger partial charge in [0.2, 0.25) is 53.2 Å². The van der Waals surface area contributed by atoms with Crippen LogP contribution >= 0.6 is 0 Å². The topological polar surface area (TPSA) is 273 Å². The van der Waals surface area contributed by atoms with Gasteiger partial charge in [0.15, 0.2) is 0 Å². The number of amides is 9. The SMILES string of the molecule is CC[C@H](C)[C@@H]1NC(=O)CNC(=O)[C@H](CC(C)C)NC(=O)[C@H](CC(C)C)NC(=O)[C@H]([C@@H](C)CC)NC(=O)[C@@H]2CCCN2C(=O)[C@H](CO)NC(=O)CNC(=O)[C@H](CC(C)C)NC1=O. The Labute approximate surface area is 360 Å². The Morgan fingerprint density at radius 1 is 0.525 bits per heavy atom. The van der Waals surface area contributed by atoms with Gasteiger partial charge in [0.25, 0.3) is 0 Å². The molecule has 19 heteroatoms. The highest BCUT2D eigenvalue weighted by Gasteiger charge is 2.40. The zero-order valence-electron chi connectivity index (χ0n) is 37.8. The molecule has 0 radical (unpaired) electrons. The molecule has 9 atom stereocenters. The molecule has 0 bridgehead atoms. The van der Waals surface area contributed by atoms with E-state index in [-0.39, 0.29) is 50.0 Å². The van der Waals surface area contributed by atoms with Gasteiger partial charge in [-0.05, 0) is 61.7 Å². The maximum atomic E-state index is 14.0. The van der Waals surface area contributed by atoms with Crippen LogP contribution in [0.1, 0.15) is 114 Å². The fraction of sp³-hybridized carbons (Fsp3) is 0.786. The second-order valence-corrected chi connectivity index (χ2v) is 17.8. The number of rotatable bonds is 11. The molecule has 61 heavy (non-hydrogen) atoms. The Bertz CT molecular complexity index is 1560. The average molecular weight is 864 g/mol. The molecule has 0 aromatic heterocycles. The summed E-state index contributed by atoms with van der Waals surface area (Å²) in [6, 6.07) is -8.06. The highest BCUT2D eigenvalue weighted by molar-refractivity contribution is 5.98. The maximum Gasteiger partial charge on any atom is 0.248 e. The van der Waals surface area contributed by atoms with E-state index in [1.54, 1.807) is 13.8 Å². The van der Waals surface area contributed by atoms with E-state index in [1.165, 1.54) is 4.90 Å². The van der Waals surface area contributed by atoms with Crippen LogP contribution in [-0.4, -0.2) is 132 Å². The predicted octanol–water partition coefficient (Wildman–Crippen LogP) is -0.645. The standard InChI is InChI=1S/C42H73N9O10/c1-11-25(9)34-40(59)47-28(17-23(5)6)37(56)43-19-32(53)45-30(21-52)42(61)51-15-13-14-31(51)39(58)50-35(26(10)12-2)41(60)48-29(18-24(7)8)38(57)46-27(16-22(3)4)36(55)44-20-33(54)49-34/h22-31,34-35,52H,11-21H2,1-10H3,(H,43,56)(H,44,55)(H,45,53)(H,46,57)(H,47,59)(H,48,60)(H,49,54)(H,50,58)/t25-,26-,27-,28-,29-,30-,31-,34-,35-/m0/s1. The molecule has 2 aliphatic rings. The first-order valence-electron chi connectivity index (χ1n) is 21.9. The summed E-state index contributed by atoms with van der Waals surface area (Å²) in [5.41, 5.74) is 0. The maximum absolute atomic E-state index is 14.0. The zero-order valence-corrected chi connectivity index (χ0v) is 37.8. The van der Waals surface area contributed by atoms with E-state index in [0.29, 0.717) is 19.3 Å². The number of carbonyl (C=O) groups is 9. The smallest absolute Gasteiger partial charge is 0.248 e. The minimum absolute atomic E-state index is 0.0734. The average Bonchev–Trinajstić information content (AvgIpc) is 3.70. The summed E-state index contributed by atoms with van der Waals surface area (Å²) >= 11 is 0. The van der Waals surface area contributed by atoms with Crippen LogP contribution in [-0.2, 0) is 43.2 Å². The van der Waals surface area contributed by atoms with E-state index in [1.807, 2.05) is 55.4 Å². The van der Waals surface area contributed by atoms with Gasteiger partial charge in [0.05, 0.1) is 19.7 Å². The van der Waals surface area contributed by atoms with Crippen molar-refractivity contribution in [3.8, 4) is 0 Å². The number of hydrogen-bond donors (Lipinski definition) is 9. The third-order valence-corrected chi connectivity index (χ3v) is 11.1. The predicted molar refractivity (Wildman–Crippen MR) is 227 cm³/mol. The van der Waals surface area contributed by atoms with Crippen LogP contribution in [0.15, 0.2) is 0 Å². The number of fused-ring (bicyclic) bond motifs is 1. The zero-order chi connectivity index (χ0) is 46.1. The van der Waals surface area contributed by atoms with Gasteiger partial charge < -0.3 is 52.5 Å². The first kappa shape index (κ1) is 52.3. The normalized spacial score (nSPS) is 27.5. The van der Waals surface area contributed by atoms with Crippen molar-refractivity contribution in [2.45, 2.75) is 156 Å². The van der Waals surface area contributed by atoms with E-state index in [0.717, 1.165) is 0 Å². The van der Waals surface area contributed by atoms with Crippen molar-refractivity contribution in [2.24, 2.45) is 29.6 Å². The lowest BCUT2D eigenvalue weighted by molar-refractivity contribution is -0.143. The monoisotopic (exact) mass is 864 g/mol. The molecule has 0 saturated carbocycles. The quantitative estimate of drug-likeness (QED) is 0.127. The van der Waals surface area contributed by atoms with E-state index in [2.05, 4.69) is 42.5 Å². The third-order valence-electron chi connectivity index (χ3n) is 11.1. The van der Waals surface area contributed by atoms with Crippen molar-refractivity contribution in [2.75, 3.05) is 26.2 Å². The molecule has 2 heterocycles. The fourth-order valence-electron chi connectivity index (χ4n) is 7.30. The van der Waals surface area contributed by atoms with Crippen molar-refractivity contribution < 1.29 is 48.3 Å². The summed E-state index contributed by atoms with van der Waals surface area (Å²) in [7, 11) is 0. The van der Waals surface area contributed by atoms with Crippen molar-refractivity contribution in [1.82, 2.24) is 47.4 Å². The summed E-state index contributed by atoms with van der Waals surface area (Å²) in [5, 5.41) is 31.3. The van der Waals surface area contributed by atoms with Crippen LogP contribution in [0.4, 0.5) is 0 Å². The molecule has 0 aliphatic carbocycles. The third kappa shape index (κ3) is 16.5. The Kier molecular flexibility index (Phi) is 21.6. The van der Waals surface area contributed by atoms with E-state index >= 15 is 0 Å². The Morgan fingerprint density at radius 2 is 0.934 bits per heavy atom. The Morgan fingerprint density at radius 3 is 1.36 bits per heavy atom. The molecule has 0 spiro atoms. The fourth-order valence-corrected chi connectivity index (χ4v) is 7.30. The minimum atomic E-state index is -1.46. The molecule has 0 aromatic rings. The van der Waals surface area contributed by atoms with Crippen LogP contribution in [0.3, 0.4) is 0 Å². The van der Waals surface area contributed by atoms with Crippen molar-refractivity contribution in [3.05, 3.63) is 0 Å². The number of aliphatic hydroxyl groups excluding tert-OH is 1. The van der Waals surface area contributed by atoms with Gasteiger partial charge >= 0.3 is 0 Å². The van der Waals surface area contributed by atoms with Gasteiger partial charge in [-0.3, -0.25) is 43.2 Å². The van der Waals surface area contributed by atoms with Crippen molar-refractivity contribution in [1.29, 1.82) is 0 Å². The molecule has 2 saturated heterocycles. The summed E-state index contributed by atoms with van der Waals surface area (Å²) in [5.74, 6) is -7.24. The molecule has 9 amide bonds. The largest absolute Gasteiger partial charge is 0.394 e. The van der Waals surface area contributed by atoms with E-state index in [9.17, 15) is 48.3 Å². The molecule has 0 unspecified atom stereocenters. The van der Waals surface area contributed by atoms with Gasteiger partial charge in [-0.25, -0.2) is 0 Å². The first-order valence-corrected chi connectivity index (χ1v) is 21.9. The van der Waals surface area contributed by atoms with Crippen molar-refractivity contribution >= 4 is 53.2 Å². The minimum Gasteiger partial charge on any atom is -0.394 e. The van der Waals surface area contributed by atoms with Gasteiger partial charge in [0, 0.05) is 6.54 Å². The number of hydrogen-bond acceptors (Lipinski definition) is 10. The van der Waals surface area contributed by atoms with Crippen LogP contribution in [0.5, 0.6) is 0 Å². The molecule has 9 N–H and O–H groups in total. The van der Waals surface area contributed by atoms with Crippen LogP contribution in [0.2, 0.25) is 0 Å². The van der Waals surface area contributed by atoms with Crippen LogP contribution in [0, 0.1) is 29.6 Å². The lowest BCUT2D eigenvalue weighted by Crippen LogP contribution is -2.60. The molecule has 2 fully saturated rings. The van der Waals surface area contributed by atoms with E-state index < -0.39 is 127 Å². The Balaban J connectivity index is 2.59. The second kappa shape index (κ2) is 25.2. The van der Waals surface area contributed by atoms with Crippen LogP contribution < -0.4 is 42.5 Å². The molecule has 19 nitrogen and oxygen atoms in total. The van der Waals surface area contributed by atoms with E-state index in [4.69, 9.17) is 0 Å². The molecular weight excluding hydrogens is 791 g/mol. The summed E-state index contributed by atoms with van der Waals surface area (Å²) < 4.78 is 0. The summed E-state index contributed by atoms with van der Waals surface area (Å²) in [4.78, 5) is 124. The molecular formula is C42H73N9O10.